The molecule has 248 valence electrons. The average Bonchev–Trinajstić information content (AvgIpc) is 3.63. The number of hydrogen-bond donors (Lipinski definition) is 0. The molecule has 0 bridgehead atoms. The quantitative estimate of drug-likeness (QED) is 0.174. The van der Waals surface area contributed by atoms with Crippen molar-refractivity contribution in [1.29, 1.82) is 0 Å². The van der Waals surface area contributed by atoms with E-state index in [0.29, 0.717) is 17.5 Å². The molecule has 0 amide bonds. The second kappa shape index (κ2) is 13.1. The molecule has 0 radical (unpaired) electrons. The largest absolute Gasteiger partial charge is 0.208 e. The molecule has 4 heteroatoms. The topological polar surface area (TPSA) is 38.7 Å². The van der Waals surface area contributed by atoms with E-state index < -0.39 is 0 Å². The van der Waals surface area contributed by atoms with Crippen LogP contribution >= 0.6 is 11.3 Å². The fraction of sp³-hybridized carbons (Fsp3) is 0. The molecule has 0 N–H and O–H groups in total. The molecular formula is C49H31N3S. The summed E-state index contributed by atoms with van der Waals surface area (Å²) in [6.45, 7) is 0. The van der Waals surface area contributed by atoms with Gasteiger partial charge in [-0.3, -0.25) is 0 Å². The molecule has 0 fully saturated rings. The summed E-state index contributed by atoms with van der Waals surface area (Å²) in [6, 6.07) is 66.4. The number of thiophene rings is 1. The predicted molar refractivity (Wildman–Crippen MR) is 223 cm³/mol. The van der Waals surface area contributed by atoms with Crippen LogP contribution in [0.25, 0.3) is 98.5 Å². The van der Waals surface area contributed by atoms with Crippen molar-refractivity contribution in [3.63, 3.8) is 0 Å². The molecule has 0 atom stereocenters. The Bertz CT molecular complexity index is 2930. The maximum absolute atomic E-state index is 5.13. The van der Waals surface area contributed by atoms with Crippen molar-refractivity contribution >= 4 is 42.3 Å². The van der Waals surface area contributed by atoms with Crippen LogP contribution in [0.15, 0.2) is 188 Å². The van der Waals surface area contributed by atoms with Crippen LogP contribution in [0, 0.1) is 0 Å². The monoisotopic (exact) mass is 693 g/mol. The van der Waals surface area contributed by atoms with Gasteiger partial charge in [-0.15, -0.1) is 11.3 Å². The van der Waals surface area contributed by atoms with Crippen LogP contribution in [0.1, 0.15) is 0 Å². The van der Waals surface area contributed by atoms with Gasteiger partial charge in [-0.25, -0.2) is 15.0 Å². The van der Waals surface area contributed by atoms with E-state index in [-0.39, 0.29) is 0 Å². The Morgan fingerprint density at radius 2 is 0.774 bits per heavy atom. The summed E-state index contributed by atoms with van der Waals surface area (Å²) in [5.74, 6) is 1.98. The highest BCUT2D eigenvalue weighted by Crippen LogP contribution is 2.40. The molecule has 2 aromatic heterocycles. The van der Waals surface area contributed by atoms with Crippen molar-refractivity contribution in [3.8, 4) is 67.5 Å². The van der Waals surface area contributed by atoms with Gasteiger partial charge in [-0.1, -0.05) is 170 Å². The standard InChI is InChI=1S/C49H31N3S/c1-3-13-32(14-4-1)36-17-11-18-37(31-36)39-30-29-38(40-19-7-8-20-41(39)40)33-25-27-35(28-26-33)48-50-47(34-15-5-2-6-16-34)51-49(52-48)44-23-12-22-43-42-21-9-10-24-45(42)53-46(43)44/h1-31H. The number of rotatable bonds is 6. The Hall–Kier alpha value is -6.75. The van der Waals surface area contributed by atoms with Gasteiger partial charge in [0.25, 0.3) is 0 Å². The summed E-state index contributed by atoms with van der Waals surface area (Å²) in [6.07, 6.45) is 0. The molecule has 53 heavy (non-hydrogen) atoms. The molecule has 0 saturated heterocycles. The third kappa shape index (κ3) is 5.66. The van der Waals surface area contributed by atoms with Gasteiger partial charge < -0.3 is 0 Å². The number of hydrogen-bond acceptors (Lipinski definition) is 4. The average molecular weight is 694 g/mol. The van der Waals surface area contributed by atoms with Gasteiger partial charge in [0, 0.05) is 36.9 Å². The molecule has 0 saturated carbocycles. The summed E-state index contributed by atoms with van der Waals surface area (Å²) in [5.41, 5.74) is 10.1. The number of nitrogens with zero attached hydrogens (tertiary/aromatic N) is 3. The van der Waals surface area contributed by atoms with Gasteiger partial charge >= 0.3 is 0 Å². The molecule has 0 aliphatic heterocycles. The molecule has 2 heterocycles. The van der Waals surface area contributed by atoms with Crippen LogP contribution in [0.2, 0.25) is 0 Å². The van der Waals surface area contributed by atoms with Crippen molar-refractivity contribution in [3.05, 3.63) is 188 Å². The van der Waals surface area contributed by atoms with E-state index in [9.17, 15) is 0 Å². The molecule has 0 aliphatic rings. The summed E-state index contributed by atoms with van der Waals surface area (Å²) >= 11 is 1.79. The van der Waals surface area contributed by atoms with Gasteiger partial charge in [-0.2, -0.15) is 0 Å². The minimum atomic E-state index is 0.650. The highest BCUT2D eigenvalue weighted by molar-refractivity contribution is 7.26. The van der Waals surface area contributed by atoms with Crippen LogP contribution < -0.4 is 0 Å². The molecular weight excluding hydrogens is 663 g/mol. The van der Waals surface area contributed by atoms with Crippen LogP contribution in [0.3, 0.4) is 0 Å². The number of benzene rings is 8. The fourth-order valence-corrected chi connectivity index (χ4v) is 8.58. The maximum atomic E-state index is 5.13. The van der Waals surface area contributed by atoms with Crippen LogP contribution in [-0.4, -0.2) is 15.0 Å². The van der Waals surface area contributed by atoms with Crippen LogP contribution in [0.5, 0.6) is 0 Å². The number of aromatic nitrogens is 3. The zero-order valence-corrected chi connectivity index (χ0v) is 29.5. The van der Waals surface area contributed by atoms with E-state index in [0.717, 1.165) is 22.3 Å². The van der Waals surface area contributed by atoms with Gasteiger partial charge in [0.2, 0.25) is 0 Å². The van der Waals surface area contributed by atoms with Crippen LogP contribution in [-0.2, 0) is 0 Å². The normalized spacial score (nSPS) is 11.4. The zero-order valence-electron chi connectivity index (χ0n) is 28.6. The minimum Gasteiger partial charge on any atom is -0.208 e. The Kier molecular flexibility index (Phi) is 7.67. The SMILES string of the molecule is c1ccc(-c2cccc(-c3ccc(-c4ccc(-c5nc(-c6ccccc6)nc(-c6cccc7c6sc6ccccc67)n5)cc4)c4ccccc34)c2)cc1. The van der Waals surface area contributed by atoms with Crippen molar-refractivity contribution in [2.45, 2.75) is 0 Å². The predicted octanol–water partition coefficient (Wildman–Crippen LogP) is 13.4. The molecule has 0 spiro atoms. The molecule has 3 nitrogen and oxygen atoms in total. The molecule has 0 unspecified atom stereocenters. The Labute approximate surface area is 311 Å². The maximum Gasteiger partial charge on any atom is 0.165 e. The first kappa shape index (κ1) is 31.0. The van der Waals surface area contributed by atoms with Crippen molar-refractivity contribution < 1.29 is 0 Å². The first-order valence-corrected chi connectivity index (χ1v) is 18.6. The van der Waals surface area contributed by atoms with E-state index in [4.69, 9.17) is 15.0 Å². The van der Waals surface area contributed by atoms with Crippen molar-refractivity contribution in [2.24, 2.45) is 0 Å². The van der Waals surface area contributed by atoms with Crippen molar-refractivity contribution in [2.75, 3.05) is 0 Å². The van der Waals surface area contributed by atoms with E-state index in [1.165, 1.54) is 58.8 Å². The highest BCUT2D eigenvalue weighted by Gasteiger charge is 2.17. The Morgan fingerprint density at radius 3 is 1.49 bits per heavy atom. The highest BCUT2D eigenvalue weighted by atomic mass is 32.1. The lowest BCUT2D eigenvalue weighted by molar-refractivity contribution is 1.08. The van der Waals surface area contributed by atoms with Gasteiger partial charge in [0.1, 0.15) is 0 Å². The lowest BCUT2D eigenvalue weighted by Gasteiger charge is -2.14. The summed E-state index contributed by atoms with van der Waals surface area (Å²) < 4.78 is 2.44. The second-order valence-corrected chi connectivity index (χ2v) is 14.2. The first-order chi connectivity index (χ1) is 26.3. The van der Waals surface area contributed by atoms with Gasteiger partial charge in [0.15, 0.2) is 17.5 Å². The zero-order chi connectivity index (χ0) is 35.1. The minimum absolute atomic E-state index is 0.650. The van der Waals surface area contributed by atoms with E-state index in [2.05, 4.69) is 170 Å². The summed E-state index contributed by atoms with van der Waals surface area (Å²) in [7, 11) is 0. The second-order valence-electron chi connectivity index (χ2n) is 13.2. The fourth-order valence-electron chi connectivity index (χ4n) is 7.36. The van der Waals surface area contributed by atoms with Crippen molar-refractivity contribution in [1.82, 2.24) is 15.0 Å². The summed E-state index contributed by atoms with van der Waals surface area (Å²) in [4.78, 5) is 15.2. The van der Waals surface area contributed by atoms with E-state index in [1.54, 1.807) is 11.3 Å². The Balaban J connectivity index is 1.06. The van der Waals surface area contributed by atoms with Gasteiger partial charge in [0.05, 0.1) is 0 Å². The lowest BCUT2D eigenvalue weighted by atomic mass is 9.91. The lowest BCUT2D eigenvalue weighted by Crippen LogP contribution is -2.00. The third-order valence-corrected chi connectivity index (χ3v) is 11.2. The first-order valence-electron chi connectivity index (χ1n) is 17.8. The van der Waals surface area contributed by atoms with Gasteiger partial charge in [-0.05, 0) is 62.4 Å². The molecule has 10 aromatic rings. The Morgan fingerprint density at radius 1 is 0.283 bits per heavy atom. The van der Waals surface area contributed by atoms with E-state index >= 15 is 0 Å². The number of fused-ring (bicyclic) bond motifs is 4. The molecule has 10 rings (SSSR count). The van der Waals surface area contributed by atoms with Crippen LogP contribution in [0.4, 0.5) is 0 Å². The van der Waals surface area contributed by atoms with E-state index in [1.807, 2.05) is 18.2 Å². The smallest absolute Gasteiger partial charge is 0.165 e. The summed E-state index contributed by atoms with van der Waals surface area (Å²) in [5, 5.41) is 4.92. The third-order valence-electron chi connectivity index (χ3n) is 9.97. The molecule has 8 aromatic carbocycles. The molecule has 0 aliphatic carbocycles.